The van der Waals surface area contributed by atoms with E-state index in [1.165, 1.54) is 0 Å². The average molecular weight is 352 g/mol. The van der Waals surface area contributed by atoms with Gasteiger partial charge in [-0.3, -0.25) is 0 Å². The normalized spacial score (nSPS) is 14.4. The van der Waals surface area contributed by atoms with Crippen LogP contribution in [-0.4, -0.2) is 27.3 Å². The van der Waals surface area contributed by atoms with Crippen molar-refractivity contribution in [2.24, 2.45) is 0 Å². The lowest BCUT2D eigenvalue weighted by Gasteiger charge is -2.21. The van der Waals surface area contributed by atoms with Gasteiger partial charge in [-0.25, -0.2) is 4.98 Å². The van der Waals surface area contributed by atoms with Crippen LogP contribution < -0.4 is 0 Å². The van der Waals surface area contributed by atoms with E-state index in [0.717, 1.165) is 0 Å². The van der Waals surface area contributed by atoms with Crippen LogP contribution in [0.1, 0.15) is 11.6 Å². The maximum Gasteiger partial charge on any atom is 0.461 e. The summed E-state index contributed by atoms with van der Waals surface area (Å²) in [4.78, 5) is 6.34. The Balaban J connectivity index is 3.50. The van der Waals surface area contributed by atoms with Gasteiger partial charge in [-0.05, 0) is 11.6 Å². The molecule has 1 aromatic heterocycles. The summed E-state index contributed by atoms with van der Waals surface area (Å²) >= 11 is 4.80. The van der Waals surface area contributed by atoms with Crippen LogP contribution in [0.15, 0.2) is 0 Å². The van der Waals surface area contributed by atoms with Gasteiger partial charge in [-0.1, -0.05) is 0 Å². The highest BCUT2D eigenvalue weighted by Crippen LogP contribution is 2.45. The minimum absolute atomic E-state index is 1.68. The minimum Gasteiger partial charge on any atom is -0.205 e. The van der Waals surface area contributed by atoms with Crippen molar-refractivity contribution in [1.82, 2.24) is 15.0 Å². The third-order valence-electron chi connectivity index (χ3n) is 1.88. The summed E-state index contributed by atoms with van der Waals surface area (Å²) in [6.45, 7) is 0. The standard InChI is InChI=1S/C7ClF10N3/c8-3-20-1(4(9,10)6(13,14)15)19-2(21-3)5(11,12)7(16,17)18. The fourth-order valence-electron chi connectivity index (χ4n) is 0.884. The van der Waals surface area contributed by atoms with Crippen molar-refractivity contribution in [3.63, 3.8) is 0 Å². The van der Waals surface area contributed by atoms with Crippen LogP contribution in [0.2, 0.25) is 5.28 Å². The van der Waals surface area contributed by atoms with E-state index in [-0.39, 0.29) is 0 Å². The molecule has 21 heavy (non-hydrogen) atoms. The predicted octanol–water partition coefficient (Wildman–Crippen LogP) is 3.83. The highest BCUT2D eigenvalue weighted by molar-refractivity contribution is 6.28. The zero-order valence-electron chi connectivity index (χ0n) is 9.00. The first-order chi connectivity index (χ1) is 9.10. The lowest BCUT2D eigenvalue weighted by molar-refractivity contribution is -0.297. The summed E-state index contributed by atoms with van der Waals surface area (Å²) in [6.07, 6.45) is -12.7. The molecule has 0 saturated heterocycles. The summed E-state index contributed by atoms with van der Waals surface area (Å²) in [5, 5.41) is -1.68. The van der Waals surface area contributed by atoms with Crippen LogP contribution in [0.5, 0.6) is 0 Å². The Bertz CT molecular complexity index is 492. The quantitative estimate of drug-likeness (QED) is 0.760. The van der Waals surface area contributed by atoms with E-state index in [2.05, 4.69) is 9.97 Å². The molecule has 14 heteroatoms. The fourth-order valence-corrected chi connectivity index (χ4v) is 1.04. The van der Waals surface area contributed by atoms with Crippen LogP contribution in [0.3, 0.4) is 0 Å². The lowest BCUT2D eigenvalue weighted by Crippen LogP contribution is -2.39. The second-order valence-electron chi connectivity index (χ2n) is 3.40. The Morgan fingerprint density at radius 3 is 1.10 bits per heavy atom. The van der Waals surface area contributed by atoms with Crippen molar-refractivity contribution < 1.29 is 43.9 Å². The number of halogens is 11. The van der Waals surface area contributed by atoms with Gasteiger partial charge in [-0.2, -0.15) is 53.9 Å². The molecule has 0 atom stereocenters. The summed E-state index contributed by atoms with van der Waals surface area (Å²) < 4.78 is 123. The third-order valence-corrected chi connectivity index (χ3v) is 2.05. The van der Waals surface area contributed by atoms with Gasteiger partial charge in [0, 0.05) is 0 Å². The molecule has 0 amide bonds. The number of alkyl halides is 10. The average Bonchev–Trinajstić information content (AvgIpc) is 2.24. The van der Waals surface area contributed by atoms with Gasteiger partial charge in [0.25, 0.3) is 0 Å². The number of nitrogens with zero attached hydrogens (tertiary/aromatic N) is 3. The second kappa shape index (κ2) is 4.81. The van der Waals surface area contributed by atoms with Gasteiger partial charge in [0.15, 0.2) is 0 Å². The third kappa shape index (κ3) is 3.11. The second-order valence-corrected chi connectivity index (χ2v) is 3.73. The van der Waals surface area contributed by atoms with Gasteiger partial charge in [-0.15, -0.1) is 0 Å². The first-order valence-corrected chi connectivity index (χ1v) is 4.80. The van der Waals surface area contributed by atoms with E-state index in [9.17, 15) is 43.9 Å². The molecule has 0 bridgehead atoms. The Kier molecular flexibility index (Phi) is 4.05. The molecular weight excluding hydrogens is 352 g/mol. The maximum absolute atomic E-state index is 12.8. The van der Waals surface area contributed by atoms with Crippen LogP contribution in [0.4, 0.5) is 43.9 Å². The molecule has 0 saturated carbocycles. The van der Waals surface area contributed by atoms with Crippen LogP contribution in [-0.2, 0) is 11.8 Å². The lowest BCUT2D eigenvalue weighted by atomic mass is 10.2. The van der Waals surface area contributed by atoms with E-state index in [0.29, 0.717) is 0 Å². The van der Waals surface area contributed by atoms with Crippen molar-refractivity contribution in [1.29, 1.82) is 0 Å². The molecule has 0 radical (unpaired) electrons. The number of rotatable bonds is 2. The van der Waals surface area contributed by atoms with Gasteiger partial charge in [0.05, 0.1) is 0 Å². The monoisotopic (exact) mass is 351 g/mol. The van der Waals surface area contributed by atoms with E-state index >= 15 is 0 Å². The van der Waals surface area contributed by atoms with Crippen LogP contribution in [0, 0.1) is 0 Å². The molecule has 1 rings (SSSR count). The van der Waals surface area contributed by atoms with Crippen molar-refractivity contribution in [3.05, 3.63) is 16.9 Å². The molecule has 0 aliphatic carbocycles. The molecule has 1 aromatic rings. The molecule has 3 nitrogen and oxygen atoms in total. The van der Waals surface area contributed by atoms with Crippen molar-refractivity contribution in [3.8, 4) is 0 Å². The summed E-state index contributed by atoms with van der Waals surface area (Å²) in [5.74, 6) is -17.1. The summed E-state index contributed by atoms with van der Waals surface area (Å²) in [6, 6.07) is 0. The number of hydrogen-bond donors (Lipinski definition) is 0. The smallest absolute Gasteiger partial charge is 0.205 e. The van der Waals surface area contributed by atoms with E-state index in [1.54, 1.807) is 0 Å². The minimum atomic E-state index is -6.33. The van der Waals surface area contributed by atoms with E-state index < -0.39 is 41.1 Å². The van der Waals surface area contributed by atoms with E-state index in [4.69, 9.17) is 11.6 Å². The summed E-state index contributed by atoms with van der Waals surface area (Å²) in [7, 11) is 0. The Morgan fingerprint density at radius 1 is 0.571 bits per heavy atom. The molecular formula is C7ClF10N3. The summed E-state index contributed by atoms with van der Waals surface area (Å²) in [5.41, 5.74) is 0. The molecule has 0 fully saturated rings. The van der Waals surface area contributed by atoms with Gasteiger partial charge >= 0.3 is 24.2 Å². The first-order valence-electron chi connectivity index (χ1n) is 4.42. The topological polar surface area (TPSA) is 38.7 Å². The van der Waals surface area contributed by atoms with Gasteiger partial charge in [0.1, 0.15) is 0 Å². The predicted molar refractivity (Wildman–Crippen MR) is 44.7 cm³/mol. The molecule has 120 valence electrons. The van der Waals surface area contributed by atoms with Crippen molar-refractivity contribution >= 4 is 11.6 Å². The Labute approximate surface area is 113 Å². The Morgan fingerprint density at radius 2 is 0.857 bits per heavy atom. The molecule has 0 N–H and O–H groups in total. The van der Waals surface area contributed by atoms with Crippen LogP contribution >= 0.6 is 11.6 Å². The van der Waals surface area contributed by atoms with Crippen LogP contribution in [0.25, 0.3) is 0 Å². The largest absolute Gasteiger partial charge is 0.461 e. The Hall–Kier alpha value is -1.40. The first kappa shape index (κ1) is 17.7. The molecule has 0 aliphatic rings. The van der Waals surface area contributed by atoms with Crippen molar-refractivity contribution in [2.75, 3.05) is 0 Å². The molecule has 0 unspecified atom stereocenters. The number of hydrogen-bond acceptors (Lipinski definition) is 3. The number of aromatic nitrogens is 3. The van der Waals surface area contributed by atoms with E-state index in [1.807, 2.05) is 4.98 Å². The molecule has 0 spiro atoms. The highest BCUT2D eigenvalue weighted by Gasteiger charge is 2.64. The zero-order chi connectivity index (χ0) is 16.9. The maximum atomic E-state index is 12.8. The van der Waals surface area contributed by atoms with Crippen molar-refractivity contribution in [2.45, 2.75) is 24.2 Å². The van der Waals surface area contributed by atoms with Gasteiger partial charge < -0.3 is 0 Å². The molecule has 0 aliphatic heterocycles. The SMILES string of the molecule is FC(F)(F)C(F)(F)c1nc(Cl)nc(C(F)(F)C(F)(F)F)n1. The fraction of sp³-hybridized carbons (Fsp3) is 0.571. The highest BCUT2D eigenvalue weighted by atomic mass is 35.5. The molecule has 1 heterocycles. The van der Waals surface area contributed by atoms with Gasteiger partial charge in [0.2, 0.25) is 16.9 Å². The molecule has 0 aromatic carbocycles. The zero-order valence-corrected chi connectivity index (χ0v) is 9.76.